The number of nitrogens with zero attached hydrogens (tertiary/aromatic N) is 1. The van der Waals surface area contributed by atoms with E-state index in [9.17, 15) is 0 Å². The number of piperidine rings is 1. The molecule has 2 atom stereocenters. The molecule has 2 unspecified atom stereocenters. The Kier molecular flexibility index (Phi) is 5.58. The van der Waals surface area contributed by atoms with E-state index in [4.69, 9.17) is 4.74 Å². The average molecular weight is 214 g/mol. The monoisotopic (exact) mass is 214 g/mol. The Morgan fingerprint density at radius 2 is 2.20 bits per heavy atom. The molecule has 1 saturated heterocycles. The van der Waals surface area contributed by atoms with Crippen LogP contribution in [0.3, 0.4) is 0 Å². The summed E-state index contributed by atoms with van der Waals surface area (Å²) >= 11 is 0. The second-order valence-electron chi connectivity index (χ2n) is 4.94. The molecular formula is C12H26N2O. The van der Waals surface area contributed by atoms with Gasteiger partial charge in [0.1, 0.15) is 0 Å². The number of likely N-dealkylation sites (N-methyl/N-ethyl adjacent to an activating group) is 1. The van der Waals surface area contributed by atoms with Crippen molar-refractivity contribution in [2.24, 2.45) is 5.92 Å². The van der Waals surface area contributed by atoms with Gasteiger partial charge in [0.2, 0.25) is 0 Å². The fourth-order valence-electron chi connectivity index (χ4n) is 2.25. The van der Waals surface area contributed by atoms with Crippen LogP contribution in [0.5, 0.6) is 0 Å². The Morgan fingerprint density at radius 3 is 2.80 bits per heavy atom. The molecule has 1 N–H and O–H groups in total. The molecule has 0 spiro atoms. The molecule has 0 aliphatic carbocycles. The summed E-state index contributed by atoms with van der Waals surface area (Å²) in [5.74, 6) is 0.753. The van der Waals surface area contributed by atoms with Crippen LogP contribution in [0.1, 0.15) is 27.2 Å². The third kappa shape index (κ3) is 4.49. The second kappa shape index (κ2) is 6.46. The molecule has 1 fully saturated rings. The summed E-state index contributed by atoms with van der Waals surface area (Å²) in [6, 6.07) is 0.724. The summed E-state index contributed by atoms with van der Waals surface area (Å²) in [7, 11) is 2.22. The van der Waals surface area contributed by atoms with Gasteiger partial charge in [0.25, 0.3) is 0 Å². The van der Waals surface area contributed by atoms with Gasteiger partial charge in [0.05, 0.1) is 12.7 Å². The topological polar surface area (TPSA) is 24.5 Å². The minimum atomic E-state index is 0.351. The van der Waals surface area contributed by atoms with Gasteiger partial charge in [-0.15, -0.1) is 0 Å². The lowest BCUT2D eigenvalue weighted by Crippen LogP contribution is -2.48. The Balaban J connectivity index is 2.22. The Morgan fingerprint density at radius 1 is 1.47 bits per heavy atom. The van der Waals surface area contributed by atoms with Crippen LogP contribution in [-0.2, 0) is 4.74 Å². The highest BCUT2D eigenvalue weighted by Gasteiger charge is 2.24. The lowest BCUT2D eigenvalue weighted by atomic mass is 9.94. The zero-order chi connectivity index (χ0) is 11.3. The van der Waals surface area contributed by atoms with Crippen LogP contribution in [0.4, 0.5) is 0 Å². The first-order chi connectivity index (χ1) is 7.11. The molecule has 0 radical (unpaired) electrons. The Hall–Kier alpha value is -0.120. The first-order valence-electron chi connectivity index (χ1n) is 6.14. The maximum Gasteiger partial charge on any atom is 0.0596 e. The molecule has 0 bridgehead atoms. The van der Waals surface area contributed by atoms with Gasteiger partial charge in [0.15, 0.2) is 0 Å². The van der Waals surface area contributed by atoms with Crippen LogP contribution in [0, 0.1) is 5.92 Å². The molecule has 15 heavy (non-hydrogen) atoms. The van der Waals surface area contributed by atoms with Crippen molar-refractivity contribution in [1.82, 2.24) is 10.2 Å². The highest BCUT2D eigenvalue weighted by atomic mass is 16.5. The van der Waals surface area contributed by atoms with Crippen LogP contribution in [-0.4, -0.2) is 50.3 Å². The quantitative estimate of drug-likeness (QED) is 0.747. The van der Waals surface area contributed by atoms with Crippen LogP contribution in [0.15, 0.2) is 0 Å². The molecule has 0 saturated carbocycles. The van der Waals surface area contributed by atoms with Crippen LogP contribution in [0.25, 0.3) is 0 Å². The lowest BCUT2D eigenvalue weighted by Gasteiger charge is -2.36. The van der Waals surface area contributed by atoms with Crippen molar-refractivity contribution in [3.8, 4) is 0 Å². The van der Waals surface area contributed by atoms with E-state index >= 15 is 0 Å². The number of nitrogens with one attached hydrogen (secondary N) is 1. The van der Waals surface area contributed by atoms with Crippen molar-refractivity contribution in [3.63, 3.8) is 0 Å². The molecule has 1 heterocycles. The predicted octanol–water partition coefficient (Wildman–Crippen LogP) is 1.34. The highest BCUT2D eigenvalue weighted by molar-refractivity contribution is 4.81. The number of rotatable bonds is 5. The minimum absolute atomic E-state index is 0.351. The van der Waals surface area contributed by atoms with E-state index < -0.39 is 0 Å². The number of hydrogen-bond donors (Lipinski definition) is 1. The van der Waals surface area contributed by atoms with Gasteiger partial charge in [-0.25, -0.2) is 0 Å². The first-order valence-corrected chi connectivity index (χ1v) is 6.14. The molecule has 1 rings (SSSR count). The summed E-state index contributed by atoms with van der Waals surface area (Å²) in [6.07, 6.45) is 1.61. The van der Waals surface area contributed by atoms with Crippen molar-refractivity contribution in [3.05, 3.63) is 0 Å². The lowest BCUT2D eigenvalue weighted by molar-refractivity contribution is 0.0450. The van der Waals surface area contributed by atoms with Gasteiger partial charge in [-0.2, -0.15) is 0 Å². The van der Waals surface area contributed by atoms with Gasteiger partial charge >= 0.3 is 0 Å². The normalized spacial score (nSPS) is 27.6. The highest BCUT2D eigenvalue weighted by Crippen LogP contribution is 2.15. The van der Waals surface area contributed by atoms with E-state index in [0.717, 1.165) is 38.2 Å². The Bertz CT molecular complexity index is 173. The van der Waals surface area contributed by atoms with E-state index in [1.54, 1.807) is 0 Å². The average Bonchev–Trinajstić information content (AvgIpc) is 2.17. The summed E-state index contributed by atoms with van der Waals surface area (Å²) in [4.78, 5) is 2.45. The zero-order valence-corrected chi connectivity index (χ0v) is 10.6. The van der Waals surface area contributed by atoms with Crippen LogP contribution < -0.4 is 5.32 Å². The molecule has 90 valence electrons. The summed E-state index contributed by atoms with van der Waals surface area (Å²) in [6.45, 7) is 10.7. The third-order valence-electron chi connectivity index (χ3n) is 3.20. The van der Waals surface area contributed by atoms with Crippen molar-refractivity contribution in [1.29, 1.82) is 0 Å². The van der Waals surface area contributed by atoms with Gasteiger partial charge in [-0.3, -0.25) is 0 Å². The Labute approximate surface area is 94.2 Å². The summed E-state index contributed by atoms with van der Waals surface area (Å²) < 4.78 is 5.58. The molecule has 0 aromatic heterocycles. The van der Waals surface area contributed by atoms with Crippen molar-refractivity contribution in [2.45, 2.75) is 39.3 Å². The maximum atomic E-state index is 5.58. The molecule has 3 heteroatoms. The molecule has 1 aliphatic heterocycles. The standard InChI is InChI=1S/C12H26N2O/c1-10(2)15-8-7-14(4)12-5-6-13-9-11(12)3/h10-13H,5-9H2,1-4H3. The van der Waals surface area contributed by atoms with Gasteiger partial charge in [0, 0.05) is 12.6 Å². The largest absolute Gasteiger partial charge is 0.377 e. The van der Waals surface area contributed by atoms with E-state index in [0.29, 0.717) is 6.10 Å². The number of hydrogen-bond acceptors (Lipinski definition) is 3. The number of ether oxygens (including phenoxy) is 1. The van der Waals surface area contributed by atoms with E-state index in [1.165, 1.54) is 6.42 Å². The molecule has 3 nitrogen and oxygen atoms in total. The first kappa shape index (κ1) is 12.9. The van der Waals surface area contributed by atoms with Crippen LogP contribution in [0.2, 0.25) is 0 Å². The summed E-state index contributed by atoms with van der Waals surface area (Å²) in [5.41, 5.74) is 0. The van der Waals surface area contributed by atoms with Crippen molar-refractivity contribution in [2.75, 3.05) is 33.3 Å². The van der Waals surface area contributed by atoms with Gasteiger partial charge < -0.3 is 15.0 Å². The van der Waals surface area contributed by atoms with Crippen LogP contribution >= 0.6 is 0 Å². The second-order valence-corrected chi connectivity index (χ2v) is 4.94. The van der Waals surface area contributed by atoms with E-state index in [-0.39, 0.29) is 0 Å². The predicted molar refractivity (Wildman–Crippen MR) is 64.2 cm³/mol. The SMILES string of the molecule is CC(C)OCCN(C)C1CCNCC1C. The minimum Gasteiger partial charge on any atom is -0.377 e. The third-order valence-corrected chi connectivity index (χ3v) is 3.20. The van der Waals surface area contributed by atoms with E-state index in [1.807, 2.05) is 0 Å². The summed E-state index contributed by atoms with van der Waals surface area (Å²) in [5, 5.41) is 3.44. The van der Waals surface area contributed by atoms with E-state index in [2.05, 4.69) is 38.0 Å². The molecular weight excluding hydrogens is 188 g/mol. The van der Waals surface area contributed by atoms with Crippen molar-refractivity contribution < 1.29 is 4.74 Å². The van der Waals surface area contributed by atoms with Gasteiger partial charge in [-0.1, -0.05) is 6.92 Å². The molecule has 0 aromatic rings. The molecule has 0 aromatic carbocycles. The smallest absolute Gasteiger partial charge is 0.0596 e. The van der Waals surface area contributed by atoms with Crippen molar-refractivity contribution >= 4 is 0 Å². The fraction of sp³-hybridized carbons (Fsp3) is 1.00. The molecule has 0 amide bonds. The molecule has 1 aliphatic rings. The van der Waals surface area contributed by atoms with Gasteiger partial charge in [-0.05, 0) is 46.3 Å². The zero-order valence-electron chi connectivity index (χ0n) is 10.6. The maximum absolute atomic E-state index is 5.58. The fourth-order valence-corrected chi connectivity index (χ4v) is 2.25.